The van der Waals surface area contributed by atoms with Crippen molar-refractivity contribution in [1.29, 1.82) is 0 Å². The monoisotopic (exact) mass is 340 g/mol. The molecule has 0 bridgehead atoms. The van der Waals surface area contributed by atoms with Crippen molar-refractivity contribution in [2.24, 2.45) is 0 Å². The Balaban J connectivity index is 2.88. The highest BCUT2D eigenvalue weighted by atomic mass is 28.4. The summed E-state index contributed by atoms with van der Waals surface area (Å²) in [4.78, 5) is 0. The second-order valence-corrected chi connectivity index (χ2v) is 14.2. The molecule has 1 fully saturated rings. The van der Waals surface area contributed by atoms with Crippen LogP contribution in [0.5, 0.6) is 0 Å². The fourth-order valence-corrected chi connectivity index (χ4v) is 8.89. The number of ether oxygens (including phenoxy) is 1. The highest BCUT2D eigenvalue weighted by molar-refractivity contribution is 6.84. The Bertz CT molecular complexity index is 362. The maximum absolute atomic E-state index is 6.77. The summed E-state index contributed by atoms with van der Waals surface area (Å²) in [6.07, 6.45) is 9.20. The molecule has 0 amide bonds. The van der Waals surface area contributed by atoms with Crippen LogP contribution in [0.1, 0.15) is 87.5 Å². The summed E-state index contributed by atoms with van der Waals surface area (Å²) in [6, 6.07) is 0. The molecule has 0 N–H and O–H groups in total. The smallest absolute Gasteiger partial charge is 0.227 e. The van der Waals surface area contributed by atoms with Gasteiger partial charge < -0.3 is 9.16 Å². The SMILES string of the molecule is CCCC/C=C/[Si](OC[C@@H]1O[C@H]1CCC)(C(C)(C)C)C(C)(C)C. The van der Waals surface area contributed by atoms with Crippen LogP contribution in [0.15, 0.2) is 11.8 Å². The largest absolute Gasteiger partial charge is 0.409 e. The van der Waals surface area contributed by atoms with Crippen LogP contribution in [0, 0.1) is 0 Å². The molecule has 0 spiro atoms. The van der Waals surface area contributed by atoms with Gasteiger partial charge in [0, 0.05) is 0 Å². The van der Waals surface area contributed by atoms with Crippen molar-refractivity contribution < 1.29 is 9.16 Å². The Kier molecular flexibility index (Phi) is 7.56. The fourth-order valence-electron chi connectivity index (χ4n) is 3.76. The zero-order chi connectivity index (χ0) is 17.7. The predicted octanol–water partition coefficient (Wildman–Crippen LogP) is 6.40. The van der Waals surface area contributed by atoms with Crippen molar-refractivity contribution in [1.82, 2.24) is 0 Å². The minimum Gasteiger partial charge on any atom is -0.409 e. The van der Waals surface area contributed by atoms with Crippen molar-refractivity contribution in [2.75, 3.05) is 6.61 Å². The molecular formula is C20H40O2Si. The lowest BCUT2D eigenvalue weighted by molar-refractivity contribution is 0.228. The highest BCUT2D eigenvalue weighted by Gasteiger charge is 2.54. The Morgan fingerprint density at radius 2 is 1.57 bits per heavy atom. The predicted molar refractivity (Wildman–Crippen MR) is 103 cm³/mol. The van der Waals surface area contributed by atoms with E-state index >= 15 is 0 Å². The van der Waals surface area contributed by atoms with E-state index < -0.39 is 8.32 Å². The Morgan fingerprint density at radius 1 is 0.957 bits per heavy atom. The van der Waals surface area contributed by atoms with Gasteiger partial charge in [0.25, 0.3) is 0 Å². The van der Waals surface area contributed by atoms with Crippen molar-refractivity contribution in [2.45, 2.75) is 110 Å². The molecule has 0 aromatic carbocycles. The van der Waals surface area contributed by atoms with E-state index in [9.17, 15) is 0 Å². The Labute approximate surface area is 146 Å². The fraction of sp³-hybridized carbons (Fsp3) is 0.900. The number of unbranched alkanes of at least 4 members (excludes halogenated alkanes) is 2. The van der Waals surface area contributed by atoms with Gasteiger partial charge >= 0.3 is 0 Å². The van der Waals surface area contributed by atoms with Crippen LogP contribution in [-0.4, -0.2) is 27.1 Å². The van der Waals surface area contributed by atoms with Gasteiger partial charge in [-0.15, -0.1) is 0 Å². The third kappa shape index (κ3) is 5.44. The Morgan fingerprint density at radius 3 is 2.04 bits per heavy atom. The van der Waals surface area contributed by atoms with Gasteiger partial charge in [0.05, 0.1) is 12.7 Å². The van der Waals surface area contributed by atoms with Crippen LogP contribution in [0.2, 0.25) is 10.1 Å². The lowest BCUT2D eigenvalue weighted by atomic mass is 10.2. The molecule has 1 rings (SSSR count). The van der Waals surface area contributed by atoms with E-state index in [1.807, 2.05) is 0 Å². The number of epoxide rings is 1. The molecule has 0 unspecified atom stereocenters. The quantitative estimate of drug-likeness (QED) is 0.275. The van der Waals surface area contributed by atoms with E-state index in [0.29, 0.717) is 12.2 Å². The van der Waals surface area contributed by atoms with Gasteiger partial charge in [0.15, 0.2) is 0 Å². The summed E-state index contributed by atoms with van der Waals surface area (Å²) < 4.78 is 12.6. The minimum absolute atomic E-state index is 0.170. The molecule has 1 heterocycles. The molecule has 0 aliphatic carbocycles. The molecule has 3 heteroatoms. The van der Waals surface area contributed by atoms with Crippen molar-refractivity contribution in [3.63, 3.8) is 0 Å². The van der Waals surface area contributed by atoms with Gasteiger partial charge in [-0.05, 0) is 22.9 Å². The summed E-state index contributed by atoms with van der Waals surface area (Å²) in [5.41, 5.74) is 2.49. The zero-order valence-corrected chi connectivity index (χ0v) is 17.9. The van der Waals surface area contributed by atoms with Gasteiger partial charge in [0.2, 0.25) is 8.32 Å². The molecule has 0 aromatic heterocycles. The maximum atomic E-state index is 6.77. The van der Waals surface area contributed by atoms with Gasteiger partial charge in [-0.2, -0.15) is 0 Å². The van der Waals surface area contributed by atoms with E-state index in [1.54, 1.807) is 0 Å². The van der Waals surface area contributed by atoms with Crippen LogP contribution in [0.25, 0.3) is 0 Å². The summed E-state index contributed by atoms with van der Waals surface area (Å²) >= 11 is 0. The summed E-state index contributed by atoms with van der Waals surface area (Å²) in [5, 5.41) is 0.339. The lowest BCUT2D eigenvalue weighted by Gasteiger charge is -2.49. The van der Waals surface area contributed by atoms with Crippen molar-refractivity contribution in [3.05, 3.63) is 11.8 Å². The second-order valence-electron chi connectivity index (χ2n) is 9.09. The number of hydrogen-bond donors (Lipinski definition) is 0. The first kappa shape index (κ1) is 20.9. The van der Waals surface area contributed by atoms with Gasteiger partial charge in [-0.1, -0.05) is 86.4 Å². The number of allylic oxidation sites excluding steroid dienone is 1. The topological polar surface area (TPSA) is 21.8 Å². The van der Waals surface area contributed by atoms with Crippen LogP contribution in [0.4, 0.5) is 0 Å². The van der Waals surface area contributed by atoms with Crippen LogP contribution >= 0.6 is 0 Å². The zero-order valence-electron chi connectivity index (χ0n) is 16.9. The van der Waals surface area contributed by atoms with E-state index in [-0.39, 0.29) is 10.1 Å². The van der Waals surface area contributed by atoms with E-state index in [1.165, 1.54) is 32.1 Å². The minimum atomic E-state index is -2.08. The summed E-state index contributed by atoms with van der Waals surface area (Å²) in [5.74, 6) is 0. The third-order valence-corrected chi connectivity index (χ3v) is 10.8. The molecule has 136 valence electrons. The highest BCUT2D eigenvalue weighted by Crippen LogP contribution is 2.52. The standard InChI is InChI=1S/C20H40O2Si/c1-9-11-12-13-15-23(19(3,4)5,20(6,7)8)21-16-18-17(22-18)14-10-2/h13,15,17-18H,9-12,14,16H2,1-8H3/b15-13+/t17-,18-/m0/s1. The molecule has 0 aromatic rings. The first-order chi connectivity index (χ1) is 10.6. The maximum Gasteiger partial charge on any atom is 0.227 e. The molecular weight excluding hydrogens is 300 g/mol. The molecule has 1 aliphatic rings. The number of hydrogen-bond acceptors (Lipinski definition) is 2. The summed E-state index contributed by atoms with van der Waals surface area (Å²) in [6.45, 7) is 19.4. The molecule has 2 atom stereocenters. The van der Waals surface area contributed by atoms with Crippen LogP contribution in [-0.2, 0) is 9.16 Å². The van der Waals surface area contributed by atoms with Gasteiger partial charge in [0.1, 0.15) is 6.10 Å². The summed E-state index contributed by atoms with van der Waals surface area (Å²) in [7, 11) is -2.08. The van der Waals surface area contributed by atoms with Crippen molar-refractivity contribution >= 4 is 8.32 Å². The third-order valence-electron chi connectivity index (χ3n) is 5.04. The van der Waals surface area contributed by atoms with Gasteiger partial charge in [-0.25, -0.2) is 0 Å². The molecule has 23 heavy (non-hydrogen) atoms. The first-order valence-electron chi connectivity index (χ1n) is 9.56. The molecule has 1 aliphatic heterocycles. The van der Waals surface area contributed by atoms with Crippen LogP contribution in [0.3, 0.4) is 0 Å². The second kappa shape index (κ2) is 8.31. The normalized spacial score (nSPS) is 22.8. The van der Waals surface area contributed by atoms with E-state index in [0.717, 1.165) is 6.61 Å². The van der Waals surface area contributed by atoms with E-state index in [4.69, 9.17) is 9.16 Å². The molecule has 2 nitrogen and oxygen atoms in total. The molecule has 0 saturated carbocycles. The molecule has 0 radical (unpaired) electrons. The lowest BCUT2D eigenvalue weighted by Crippen LogP contribution is -2.54. The number of rotatable bonds is 9. The Hall–Kier alpha value is -0.123. The van der Waals surface area contributed by atoms with Gasteiger partial charge in [-0.3, -0.25) is 0 Å². The first-order valence-corrected chi connectivity index (χ1v) is 11.5. The van der Waals surface area contributed by atoms with Crippen molar-refractivity contribution in [3.8, 4) is 0 Å². The van der Waals surface area contributed by atoms with E-state index in [2.05, 4.69) is 67.2 Å². The average molecular weight is 341 g/mol. The van der Waals surface area contributed by atoms with Crippen LogP contribution < -0.4 is 0 Å². The molecule has 1 saturated heterocycles. The average Bonchev–Trinajstić information content (AvgIpc) is 3.14.